The highest BCUT2D eigenvalue weighted by Gasteiger charge is 2.07. The molecule has 18 heavy (non-hydrogen) atoms. The number of para-hydroxylation sites is 1. The maximum absolute atomic E-state index is 9.47. The number of fused-ring (bicyclic) bond motifs is 1. The number of carbonyl (C=O) groups is 2. The highest BCUT2D eigenvalue weighted by atomic mass is 16.5. The highest BCUT2D eigenvalue weighted by molar-refractivity contribution is 6.27. The van der Waals surface area contributed by atoms with E-state index in [-0.39, 0.29) is 5.76 Å². The number of carboxylic acid groups (broad SMARTS) is 2. The van der Waals surface area contributed by atoms with Crippen LogP contribution in [0.4, 0.5) is 0 Å². The van der Waals surface area contributed by atoms with Crippen LogP contribution >= 0.6 is 0 Å². The van der Waals surface area contributed by atoms with Crippen molar-refractivity contribution in [3.8, 4) is 5.75 Å². The average molecular weight is 250 g/mol. The molecule has 0 saturated heterocycles. The maximum atomic E-state index is 9.47. The van der Waals surface area contributed by atoms with Crippen LogP contribution in [0.2, 0.25) is 0 Å². The van der Waals surface area contributed by atoms with E-state index in [9.17, 15) is 5.11 Å². The largest absolute Gasteiger partial charge is 0.507 e. The van der Waals surface area contributed by atoms with Crippen LogP contribution in [0, 0.1) is 0 Å². The zero-order valence-electron chi connectivity index (χ0n) is 9.11. The Morgan fingerprint density at radius 2 is 1.67 bits per heavy atom. The van der Waals surface area contributed by atoms with Crippen molar-refractivity contribution in [3.63, 3.8) is 0 Å². The van der Waals surface area contributed by atoms with E-state index < -0.39 is 11.9 Å². The summed E-state index contributed by atoms with van der Waals surface area (Å²) in [5.41, 5.74) is 0.725. The first kappa shape index (κ1) is 13.3. The lowest BCUT2D eigenvalue weighted by molar-refractivity contribution is -0.159. The van der Waals surface area contributed by atoms with Gasteiger partial charge in [-0.25, -0.2) is 9.59 Å². The van der Waals surface area contributed by atoms with Crippen LogP contribution in [0.5, 0.6) is 5.75 Å². The monoisotopic (exact) mass is 250 g/mol. The molecule has 6 heteroatoms. The molecule has 0 spiro atoms. The first-order valence-corrected chi connectivity index (χ1v) is 4.80. The van der Waals surface area contributed by atoms with Crippen molar-refractivity contribution in [1.82, 2.24) is 0 Å². The molecular formula is C12H10O6. The van der Waals surface area contributed by atoms with Crippen LogP contribution in [-0.4, -0.2) is 27.3 Å². The molecule has 1 aliphatic rings. The minimum absolute atomic E-state index is 0.236. The van der Waals surface area contributed by atoms with Crippen molar-refractivity contribution in [2.75, 3.05) is 0 Å². The topological polar surface area (TPSA) is 104 Å². The molecule has 0 bridgehead atoms. The molecule has 0 fully saturated rings. The predicted molar refractivity (Wildman–Crippen MR) is 62.1 cm³/mol. The summed E-state index contributed by atoms with van der Waals surface area (Å²) >= 11 is 0. The Labute approximate surface area is 102 Å². The van der Waals surface area contributed by atoms with Crippen LogP contribution in [0.25, 0.3) is 5.76 Å². The quantitative estimate of drug-likeness (QED) is 0.605. The normalized spacial score (nSPS) is 11.9. The molecule has 0 aliphatic carbocycles. The number of aliphatic hydroxyl groups is 1. The molecule has 2 rings (SSSR count). The van der Waals surface area contributed by atoms with Crippen LogP contribution < -0.4 is 4.74 Å². The van der Waals surface area contributed by atoms with Gasteiger partial charge in [0.1, 0.15) is 11.5 Å². The molecule has 1 aliphatic heterocycles. The fourth-order valence-corrected chi connectivity index (χ4v) is 1.11. The summed E-state index contributed by atoms with van der Waals surface area (Å²) in [7, 11) is 0. The van der Waals surface area contributed by atoms with Crippen LogP contribution in [0.3, 0.4) is 0 Å². The number of hydrogen-bond acceptors (Lipinski definition) is 4. The maximum Gasteiger partial charge on any atom is 0.414 e. The van der Waals surface area contributed by atoms with E-state index >= 15 is 0 Å². The summed E-state index contributed by atoms with van der Waals surface area (Å²) in [5, 5.41) is 24.3. The SMILES string of the molecule is O=C(O)C(=O)O.OC1=CC=COc2ccccc21. The Morgan fingerprint density at radius 3 is 2.28 bits per heavy atom. The standard InChI is InChI=1S/C10H8O2.C2H2O4/c11-9-5-3-7-12-10-6-2-1-4-8(9)10;3-1(4)2(5)6/h1-7,11H;(H,3,4)(H,5,6). The van der Waals surface area contributed by atoms with Gasteiger partial charge in [-0.15, -0.1) is 0 Å². The number of hydrogen-bond donors (Lipinski definition) is 3. The first-order chi connectivity index (χ1) is 8.52. The Bertz CT molecular complexity index is 503. The van der Waals surface area contributed by atoms with Crippen LogP contribution in [0.1, 0.15) is 5.56 Å². The van der Waals surface area contributed by atoms with Gasteiger partial charge in [0.05, 0.1) is 11.8 Å². The molecule has 6 nitrogen and oxygen atoms in total. The smallest absolute Gasteiger partial charge is 0.414 e. The van der Waals surface area contributed by atoms with Gasteiger partial charge in [-0.3, -0.25) is 0 Å². The second-order valence-corrected chi connectivity index (χ2v) is 3.10. The van der Waals surface area contributed by atoms with Crippen molar-refractivity contribution in [3.05, 3.63) is 48.2 Å². The van der Waals surface area contributed by atoms with Crippen molar-refractivity contribution in [2.45, 2.75) is 0 Å². The summed E-state index contributed by atoms with van der Waals surface area (Å²) in [6.45, 7) is 0. The third kappa shape index (κ3) is 3.67. The van der Waals surface area contributed by atoms with E-state index in [1.807, 2.05) is 24.3 Å². The van der Waals surface area contributed by atoms with Crippen molar-refractivity contribution >= 4 is 17.7 Å². The molecule has 0 radical (unpaired) electrons. The Hall–Kier alpha value is -2.76. The van der Waals surface area contributed by atoms with Gasteiger partial charge >= 0.3 is 11.9 Å². The summed E-state index contributed by atoms with van der Waals surface area (Å²) in [4.78, 5) is 18.2. The summed E-state index contributed by atoms with van der Waals surface area (Å²) in [5.74, 6) is -2.73. The van der Waals surface area contributed by atoms with E-state index in [1.165, 1.54) is 0 Å². The van der Waals surface area contributed by atoms with Gasteiger partial charge < -0.3 is 20.1 Å². The first-order valence-electron chi connectivity index (χ1n) is 4.80. The lowest BCUT2D eigenvalue weighted by atomic mass is 10.1. The fraction of sp³-hybridized carbons (Fsp3) is 0. The van der Waals surface area contributed by atoms with Crippen molar-refractivity contribution < 1.29 is 29.6 Å². The number of ether oxygens (including phenoxy) is 1. The lowest BCUT2D eigenvalue weighted by Crippen LogP contribution is -2.09. The summed E-state index contributed by atoms with van der Waals surface area (Å²) < 4.78 is 5.23. The minimum Gasteiger partial charge on any atom is -0.507 e. The molecule has 1 heterocycles. The molecular weight excluding hydrogens is 240 g/mol. The predicted octanol–water partition coefficient (Wildman–Crippen LogP) is 1.65. The molecule has 1 aromatic carbocycles. The van der Waals surface area contributed by atoms with E-state index in [1.54, 1.807) is 18.4 Å². The summed E-state index contributed by atoms with van der Waals surface area (Å²) in [6, 6.07) is 7.35. The van der Waals surface area contributed by atoms with Gasteiger partial charge in [0.25, 0.3) is 0 Å². The second kappa shape index (κ2) is 6.09. The molecule has 0 amide bonds. The van der Waals surface area contributed by atoms with Gasteiger partial charge in [-0.1, -0.05) is 12.1 Å². The number of benzene rings is 1. The van der Waals surface area contributed by atoms with Gasteiger partial charge in [0.2, 0.25) is 0 Å². The zero-order chi connectivity index (χ0) is 13.5. The Balaban J connectivity index is 0.000000232. The number of aliphatic carboxylic acids is 2. The van der Waals surface area contributed by atoms with Crippen LogP contribution in [-0.2, 0) is 9.59 Å². The Kier molecular flexibility index (Phi) is 4.50. The number of aliphatic hydroxyl groups excluding tert-OH is 1. The molecule has 94 valence electrons. The van der Waals surface area contributed by atoms with Gasteiger partial charge in [-0.05, 0) is 24.3 Å². The third-order valence-electron chi connectivity index (χ3n) is 1.87. The number of rotatable bonds is 0. The second-order valence-electron chi connectivity index (χ2n) is 3.10. The molecule has 0 saturated carbocycles. The molecule has 0 aromatic heterocycles. The van der Waals surface area contributed by atoms with E-state index in [4.69, 9.17) is 24.5 Å². The summed E-state index contributed by atoms with van der Waals surface area (Å²) in [6.07, 6.45) is 4.81. The molecule has 0 atom stereocenters. The Morgan fingerprint density at radius 1 is 1.06 bits per heavy atom. The lowest BCUT2D eigenvalue weighted by Gasteiger charge is -2.03. The van der Waals surface area contributed by atoms with E-state index in [0.29, 0.717) is 5.75 Å². The average Bonchev–Trinajstić information content (AvgIpc) is 2.53. The number of allylic oxidation sites excluding steroid dienone is 2. The van der Waals surface area contributed by atoms with Gasteiger partial charge in [0.15, 0.2) is 0 Å². The van der Waals surface area contributed by atoms with Crippen molar-refractivity contribution in [1.29, 1.82) is 0 Å². The van der Waals surface area contributed by atoms with Gasteiger partial charge in [0, 0.05) is 0 Å². The fourth-order valence-electron chi connectivity index (χ4n) is 1.11. The molecule has 3 N–H and O–H groups in total. The third-order valence-corrected chi connectivity index (χ3v) is 1.87. The van der Waals surface area contributed by atoms with E-state index in [0.717, 1.165) is 5.56 Å². The highest BCUT2D eigenvalue weighted by Crippen LogP contribution is 2.25. The minimum atomic E-state index is -1.82. The van der Waals surface area contributed by atoms with Crippen molar-refractivity contribution in [2.24, 2.45) is 0 Å². The molecule has 0 unspecified atom stereocenters. The number of carboxylic acids is 2. The van der Waals surface area contributed by atoms with Gasteiger partial charge in [-0.2, -0.15) is 0 Å². The van der Waals surface area contributed by atoms with Crippen LogP contribution in [0.15, 0.2) is 42.7 Å². The molecule has 1 aromatic rings. The zero-order valence-corrected chi connectivity index (χ0v) is 9.11. The van der Waals surface area contributed by atoms with E-state index in [2.05, 4.69) is 0 Å².